The van der Waals surface area contributed by atoms with E-state index in [-0.39, 0.29) is 5.91 Å². The third kappa shape index (κ3) is 3.61. The van der Waals surface area contributed by atoms with Crippen LogP contribution in [0.1, 0.15) is 21.6 Å². The van der Waals surface area contributed by atoms with Gasteiger partial charge in [0.1, 0.15) is 0 Å². The molecule has 0 spiro atoms. The third-order valence-corrected chi connectivity index (χ3v) is 4.72. The summed E-state index contributed by atoms with van der Waals surface area (Å²) in [6, 6.07) is 13.6. The largest absolute Gasteiger partial charge is 0.378 e. The van der Waals surface area contributed by atoms with Crippen LogP contribution >= 0.6 is 0 Å². The highest BCUT2D eigenvalue weighted by Crippen LogP contribution is 2.24. The van der Waals surface area contributed by atoms with Gasteiger partial charge in [0.15, 0.2) is 11.5 Å². The second-order valence-corrected chi connectivity index (χ2v) is 6.76. The molecule has 6 nitrogen and oxygen atoms in total. The number of ether oxygens (including phenoxy) is 1. The van der Waals surface area contributed by atoms with E-state index in [0.29, 0.717) is 43.3 Å². The zero-order chi connectivity index (χ0) is 18.8. The van der Waals surface area contributed by atoms with Crippen LogP contribution in [0, 0.1) is 13.8 Å². The van der Waals surface area contributed by atoms with Crippen LogP contribution in [0.15, 0.2) is 42.5 Å². The summed E-state index contributed by atoms with van der Waals surface area (Å²) >= 11 is 0. The maximum Gasteiger partial charge on any atom is 0.278 e. The zero-order valence-electron chi connectivity index (χ0n) is 15.5. The fourth-order valence-electron chi connectivity index (χ4n) is 3.19. The summed E-state index contributed by atoms with van der Waals surface area (Å²) in [7, 11) is 0. The smallest absolute Gasteiger partial charge is 0.278 e. The number of aromatic nitrogens is 2. The van der Waals surface area contributed by atoms with Crippen molar-refractivity contribution in [1.29, 1.82) is 0 Å². The fraction of sp³-hybridized carbons (Fsp3) is 0.286. The third-order valence-electron chi connectivity index (χ3n) is 4.72. The number of para-hydroxylation sites is 2. The molecule has 1 aliphatic heterocycles. The number of nitrogens with zero attached hydrogens (tertiary/aromatic N) is 3. The van der Waals surface area contributed by atoms with Gasteiger partial charge in [-0.25, -0.2) is 9.97 Å². The Kier molecular flexibility index (Phi) is 4.73. The average molecular weight is 362 g/mol. The first-order valence-electron chi connectivity index (χ1n) is 9.10. The molecule has 1 amide bonds. The number of hydrogen-bond donors (Lipinski definition) is 1. The van der Waals surface area contributed by atoms with Gasteiger partial charge in [0, 0.05) is 18.8 Å². The number of anilines is 2. The molecule has 1 aliphatic rings. The first-order valence-corrected chi connectivity index (χ1v) is 9.10. The number of morpholine rings is 1. The molecule has 6 heteroatoms. The molecule has 2 heterocycles. The molecule has 4 rings (SSSR count). The molecular formula is C21H22N4O2. The van der Waals surface area contributed by atoms with E-state index in [2.05, 4.69) is 15.2 Å². The molecule has 138 valence electrons. The van der Waals surface area contributed by atoms with Crippen molar-refractivity contribution in [2.75, 3.05) is 36.5 Å². The van der Waals surface area contributed by atoms with Gasteiger partial charge in [0.2, 0.25) is 0 Å². The van der Waals surface area contributed by atoms with Crippen LogP contribution in [0.5, 0.6) is 0 Å². The molecule has 0 unspecified atom stereocenters. The quantitative estimate of drug-likeness (QED) is 0.774. The van der Waals surface area contributed by atoms with E-state index in [4.69, 9.17) is 9.72 Å². The van der Waals surface area contributed by atoms with Crippen LogP contribution < -0.4 is 10.2 Å². The Hall–Kier alpha value is -2.99. The van der Waals surface area contributed by atoms with E-state index < -0.39 is 0 Å². The van der Waals surface area contributed by atoms with Gasteiger partial charge in [-0.1, -0.05) is 24.3 Å². The predicted molar refractivity (Wildman–Crippen MR) is 106 cm³/mol. The molecule has 2 aromatic carbocycles. The second-order valence-electron chi connectivity index (χ2n) is 6.76. The van der Waals surface area contributed by atoms with Crippen LogP contribution in [0.2, 0.25) is 0 Å². The summed E-state index contributed by atoms with van der Waals surface area (Å²) in [5.74, 6) is 0.364. The lowest BCUT2D eigenvalue weighted by molar-refractivity contribution is 0.102. The summed E-state index contributed by atoms with van der Waals surface area (Å²) < 4.78 is 5.44. The van der Waals surface area contributed by atoms with E-state index in [1.165, 1.54) is 0 Å². The Balaban J connectivity index is 1.76. The van der Waals surface area contributed by atoms with Crippen molar-refractivity contribution < 1.29 is 9.53 Å². The molecular weight excluding hydrogens is 340 g/mol. The lowest BCUT2D eigenvalue weighted by Crippen LogP contribution is -2.38. The molecule has 1 fully saturated rings. The lowest BCUT2D eigenvalue weighted by Gasteiger charge is -2.29. The summed E-state index contributed by atoms with van der Waals surface area (Å²) in [5.41, 5.74) is 4.73. The Bertz CT molecular complexity index is 997. The first-order chi connectivity index (χ1) is 13.1. The Labute approximate surface area is 158 Å². The molecule has 3 aromatic rings. The number of nitrogens with one attached hydrogen (secondary N) is 1. The Morgan fingerprint density at radius 1 is 1.04 bits per heavy atom. The van der Waals surface area contributed by atoms with Gasteiger partial charge in [0.25, 0.3) is 5.91 Å². The van der Waals surface area contributed by atoms with E-state index in [1.807, 2.05) is 56.3 Å². The Morgan fingerprint density at radius 2 is 1.74 bits per heavy atom. The number of benzene rings is 2. The SMILES string of the molecule is Cc1ccc(C)c(NC(=O)c2nc3ccccc3nc2N2CCOCC2)c1. The number of carbonyl (C=O) groups excluding carboxylic acids is 1. The number of aryl methyl sites for hydroxylation is 2. The average Bonchev–Trinajstić information content (AvgIpc) is 2.70. The minimum atomic E-state index is -0.247. The van der Waals surface area contributed by atoms with Gasteiger partial charge in [-0.3, -0.25) is 4.79 Å². The van der Waals surface area contributed by atoms with E-state index in [9.17, 15) is 4.79 Å². The summed E-state index contributed by atoms with van der Waals surface area (Å²) in [6.07, 6.45) is 0. The molecule has 1 saturated heterocycles. The standard InChI is InChI=1S/C21H22N4O2/c1-14-7-8-15(2)18(13-14)24-21(26)19-20(25-9-11-27-12-10-25)23-17-6-4-3-5-16(17)22-19/h3-8,13H,9-12H2,1-2H3,(H,24,26). The van der Waals surface area contributed by atoms with Crippen molar-refractivity contribution in [3.05, 3.63) is 59.3 Å². The summed E-state index contributed by atoms with van der Waals surface area (Å²) in [6.45, 7) is 6.60. The molecule has 0 radical (unpaired) electrons. The topological polar surface area (TPSA) is 67.4 Å². The van der Waals surface area contributed by atoms with Gasteiger partial charge < -0.3 is 15.0 Å². The molecule has 1 N–H and O–H groups in total. The summed E-state index contributed by atoms with van der Waals surface area (Å²) in [5, 5.41) is 3.01. The van der Waals surface area contributed by atoms with E-state index in [0.717, 1.165) is 22.3 Å². The minimum Gasteiger partial charge on any atom is -0.378 e. The highest BCUT2D eigenvalue weighted by Gasteiger charge is 2.23. The molecule has 1 aromatic heterocycles. The van der Waals surface area contributed by atoms with Crippen molar-refractivity contribution >= 4 is 28.4 Å². The monoisotopic (exact) mass is 362 g/mol. The fourth-order valence-corrected chi connectivity index (χ4v) is 3.19. The minimum absolute atomic E-state index is 0.247. The van der Waals surface area contributed by atoms with Crippen molar-refractivity contribution in [1.82, 2.24) is 9.97 Å². The molecule has 0 aliphatic carbocycles. The number of amides is 1. The lowest BCUT2D eigenvalue weighted by atomic mass is 10.1. The van der Waals surface area contributed by atoms with Crippen LogP contribution in [-0.4, -0.2) is 42.2 Å². The zero-order valence-corrected chi connectivity index (χ0v) is 15.5. The van der Waals surface area contributed by atoms with Gasteiger partial charge in [-0.2, -0.15) is 0 Å². The van der Waals surface area contributed by atoms with Crippen molar-refractivity contribution in [2.24, 2.45) is 0 Å². The number of hydrogen-bond acceptors (Lipinski definition) is 5. The number of fused-ring (bicyclic) bond motifs is 1. The van der Waals surface area contributed by atoms with Gasteiger partial charge in [-0.15, -0.1) is 0 Å². The molecule has 0 saturated carbocycles. The van der Waals surface area contributed by atoms with E-state index >= 15 is 0 Å². The van der Waals surface area contributed by atoms with Crippen LogP contribution in [-0.2, 0) is 4.74 Å². The van der Waals surface area contributed by atoms with Crippen molar-refractivity contribution in [3.63, 3.8) is 0 Å². The highest BCUT2D eigenvalue weighted by atomic mass is 16.5. The second kappa shape index (κ2) is 7.32. The van der Waals surface area contributed by atoms with Crippen molar-refractivity contribution in [3.8, 4) is 0 Å². The molecule has 0 atom stereocenters. The maximum absolute atomic E-state index is 13.1. The van der Waals surface area contributed by atoms with Gasteiger partial charge >= 0.3 is 0 Å². The molecule has 0 bridgehead atoms. The van der Waals surface area contributed by atoms with Crippen LogP contribution in [0.3, 0.4) is 0 Å². The van der Waals surface area contributed by atoms with Crippen molar-refractivity contribution in [2.45, 2.75) is 13.8 Å². The highest BCUT2D eigenvalue weighted by molar-refractivity contribution is 6.07. The predicted octanol–water partition coefficient (Wildman–Crippen LogP) is 3.34. The maximum atomic E-state index is 13.1. The number of carbonyl (C=O) groups is 1. The summed E-state index contributed by atoms with van der Waals surface area (Å²) in [4.78, 5) is 24.6. The van der Waals surface area contributed by atoms with Gasteiger partial charge in [-0.05, 0) is 43.2 Å². The number of rotatable bonds is 3. The van der Waals surface area contributed by atoms with Gasteiger partial charge in [0.05, 0.1) is 24.2 Å². The van der Waals surface area contributed by atoms with Crippen LogP contribution in [0.25, 0.3) is 11.0 Å². The Morgan fingerprint density at radius 3 is 2.48 bits per heavy atom. The molecule has 27 heavy (non-hydrogen) atoms. The van der Waals surface area contributed by atoms with Crippen LogP contribution in [0.4, 0.5) is 11.5 Å². The van der Waals surface area contributed by atoms with E-state index in [1.54, 1.807) is 0 Å². The first kappa shape index (κ1) is 17.4. The normalized spacial score (nSPS) is 14.4.